The molecule has 5 rings (SSSR count). The van der Waals surface area contributed by atoms with Gasteiger partial charge in [-0.25, -0.2) is 4.39 Å². The number of methoxy groups -OCH3 is 1. The van der Waals surface area contributed by atoms with Crippen molar-refractivity contribution in [1.82, 2.24) is 0 Å². The monoisotopic (exact) mass is 458 g/mol. The van der Waals surface area contributed by atoms with Gasteiger partial charge in [-0.05, 0) is 42.8 Å². The quantitative estimate of drug-likeness (QED) is 0.486. The summed E-state index contributed by atoms with van der Waals surface area (Å²) in [7, 11) is 1.61. The molecule has 3 unspecified atom stereocenters. The molecule has 0 saturated carbocycles. The van der Waals surface area contributed by atoms with Crippen LogP contribution in [0.4, 0.5) is 15.8 Å². The van der Waals surface area contributed by atoms with Gasteiger partial charge < -0.3 is 20.1 Å². The van der Waals surface area contributed by atoms with Crippen molar-refractivity contribution in [1.29, 1.82) is 0 Å². The number of anilines is 2. The average molecular weight is 459 g/mol. The number of carbonyl (C=O) groups is 1. The van der Waals surface area contributed by atoms with Crippen molar-refractivity contribution in [3.63, 3.8) is 0 Å². The molecule has 3 aromatic rings. The second kappa shape index (κ2) is 9.21. The van der Waals surface area contributed by atoms with Gasteiger partial charge in [-0.1, -0.05) is 42.5 Å². The SMILES string of the molecule is CCOc1ccc(C2C=C3Nc4ccccc4NC(c4ccccc4F)C3C(=O)C2)cc1OC. The lowest BCUT2D eigenvalue weighted by Crippen LogP contribution is -2.34. The van der Waals surface area contributed by atoms with Crippen LogP contribution in [0.2, 0.25) is 0 Å². The Bertz CT molecular complexity index is 1260. The molecule has 0 fully saturated rings. The third-order valence-electron chi connectivity index (χ3n) is 6.49. The molecule has 1 aliphatic heterocycles. The van der Waals surface area contributed by atoms with Crippen LogP contribution in [0.5, 0.6) is 11.5 Å². The van der Waals surface area contributed by atoms with Gasteiger partial charge >= 0.3 is 0 Å². The standard InChI is InChI=1S/C28H27FN2O3/c1-3-34-25-13-12-17(16-26(25)33-2)18-14-23-27(24(32)15-18)28(19-8-4-5-9-20(19)29)31-22-11-7-6-10-21(22)30-23/h4-14,16,18,27-28,30-31H,3,15H2,1-2H3. The lowest BCUT2D eigenvalue weighted by atomic mass is 9.76. The van der Waals surface area contributed by atoms with Gasteiger partial charge in [-0.3, -0.25) is 4.79 Å². The number of carbonyl (C=O) groups excluding carboxylic acids is 1. The van der Waals surface area contributed by atoms with E-state index in [0.29, 0.717) is 30.1 Å². The lowest BCUT2D eigenvalue weighted by Gasteiger charge is -2.32. The zero-order valence-corrected chi connectivity index (χ0v) is 19.2. The summed E-state index contributed by atoms with van der Waals surface area (Å²) in [6.07, 6.45) is 2.41. The molecule has 0 aromatic heterocycles. The second-order valence-corrected chi connectivity index (χ2v) is 8.53. The Balaban J connectivity index is 1.59. The van der Waals surface area contributed by atoms with Crippen LogP contribution < -0.4 is 20.1 Å². The van der Waals surface area contributed by atoms with E-state index in [1.807, 2.05) is 49.4 Å². The molecule has 174 valence electrons. The Morgan fingerprint density at radius 3 is 2.53 bits per heavy atom. The number of allylic oxidation sites excluding steroid dienone is 1. The molecule has 0 amide bonds. The zero-order valence-electron chi connectivity index (χ0n) is 19.2. The predicted octanol–water partition coefficient (Wildman–Crippen LogP) is 6.07. The summed E-state index contributed by atoms with van der Waals surface area (Å²) in [4.78, 5) is 13.6. The Hall–Kier alpha value is -3.80. The summed E-state index contributed by atoms with van der Waals surface area (Å²) in [6, 6.07) is 19.7. The molecule has 34 heavy (non-hydrogen) atoms. The van der Waals surface area contributed by atoms with E-state index in [0.717, 1.165) is 22.6 Å². The van der Waals surface area contributed by atoms with Crippen LogP contribution in [0.1, 0.15) is 36.4 Å². The number of hydrogen-bond acceptors (Lipinski definition) is 5. The fraction of sp³-hybridized carbons (Fsp3) is 0.250. The van der Waals surface area contributed by atoms with Crippen molar-refractivity contribution in [3.8, 4) is 11.5 Å². The Labute approximate surface area is 198 Å². The molecule has 0 saturated heterocycles. The molecule has 2 aliphatic rings. The van der Waals surface area contributed by atoms with E-state index in [9.17, 15) is 9.18 Å². The highest BCUT2D eigenvalue weighted by Gasteiger charge is 2.40. The van der Waals surface area contributed by atoms with E-state index in [1.165, 1.54) is 6.07 Å². The predicted molar refractivity (Wildman–Crippen MR) is 131 cm³/mol. The number of ketones is 1. The maximum absolute atomic E-state index is 14.9. The summed E-state index contributed by atoms with van der Waals surface area (Å²) < 4.78 is 26.0. The molecular weight excluding hydrogens is 431 g/mol. The minimum Gasteiger partial charge on any atom is -0.493 e. The zero-order chi connectivity index (χ0) is 23.7. The van der Waals surface area contributed by atoms with E-state index >= 15 is 0 Å². The van der Waals surface area contributed by atoms with E-state index in [-0.39, 0.29) is 17.5 Å². The second-order valence-electron chi connectivity index (χ2n) is 8.53. The summed E-state index contributed by atoms with van der Waals surface area (Å²) in [5.41, 5.74) is 3.91. The van der Waals surface area contributed by atoms with Gasteiger partial charge in [-0.15, -0.1) is 0 Å². The van der Waals surface area contributed by atoms with Gasteiger partial charge in [0.05, 0.1) is 37.1 Å². The van der Waals surface area contributed by atoms with Gasteiger partial charge in [0.25, 0.3) is 0 Å². The smallest absolute Gasteiger partial charge is 0.161 e. The fourth-order valence-corrected chi connectivity index (χ4v) is 4.89. The molecule has 0 bridgehead atoms. The van der Waals surface area contributed by atoms with Gasteiger partial charge in [0.2, 0.25) is 0 Å². The number of hydrogen-bond donors (Lipinski definition) is 2. The van der Waals surface area contributed by atoms with Gasteiger partial charge in [0.15, 0.2) is 11.5 Å². The van der Waals surface area contributed by atoms with E-state index < -0.39 is 12.0 Å². The van der Waals surface area contributed by atoms with E-state index in [4.69, 9.17) is 9.47 Å². The lowest BCUT2D eigenvalue weighted by molar-refractivity contribution is -0.122. The number of halogens is 1. The van der Waals surface area contributed by atoms with Crippen LogP contribution in [0.25, 0.3) is 0 Å². The van der Waals surface area contributed by atoms with E-state index in [2.05, 4.69) is 16.7 Å². The Kier molecular flexibility index (Phi) is 5.97. The van der Waals surface area contributed by atoms with Crippen LogP contribution in [0.3, 0.4) is 0 Å². The first-order valence-electron chi connectivity index (χ1n) is 11.5. The average Bonchev–Trinajstić information content (AvgIpc) is 3.01. The highest BCUT2D eigenvalue weighted by molar-refractivity contribution is 5.90. The summed E-state index contributed by atoms with van der Waals surface area (Å²) in [6.45, 7) is 2.46. The molecule has 3 atom stereocenters. The fourth-order valence-electron chi connectivity index (χ4n) is 4.89. The molecule has 3 aromatic carbocycles. The topological polar surface area (TPSA) is 59.6 Å². The van der Waals surface area contributed by atoms with Gasteiger partial charge in [0, 0.05) is 23.6 Å². The summed E-state index contributed by atoms with van der Waals surface area (Å²) >= 11 is 0. The normalized spacial score (nSPS) is 21.2. The summed E-state index contributed by atoms with van der Waals surface area (Å²) in [5, 5.41) is 6.91. The number of para-hydroxylation sites is 2. The van der Waals surface area contributed by atoms with Crippen molar-refractivity contribution in [2.45, 2.75) is 25.3 Å². The number of Topliss-reactive ketones (excluding diaryl/α,β-unsaturated/α-hetero) is 1. The first kappa shape index (κ1) is 22.0. The molecule has 2 N–H and O–H groups in total. The van der Waals surface area contributed by atoms with Crippen molar-refractivity contribution in [3.05, 3.63) is 95.4 Å². The number of nitrogens with one attached hydrogen (secondary N) is 2. The largest absolute Gasteiger partial charge is 0.493 e. The van der Waals surface area contributed by atoms with E-state index in [1.54, 1.807) is 25.3 Å². The third kappa shape index (κ3) is 4.00. The van der Waals surface area contributed by atoms with Crippen LogP contribution in [-0.2, 0) is 4.79 Å². The van der Waals surface area contributed by atoms with Crippen molar-refractivity contribution in [2.75, 3.05) is 24.4 Å². The maximum atomic E-state index is 14.9. The minimum atomic E-state index is -0.537. The maximum Gasteiger partial charge on any atom is 0.161 e. The van der Waals surface area contributed by atoms with Crippen LogP contribution in [0.15, 0.2) is 78.5 Å². The van der Waals surface area contributed by atoms with Crippen molar-refractivity contribution >= 4 is 17.2 Å². The molecule has 0 spiro atoms. The third-order valence-corrected chi connectivity index (χ3v) is 6.49. The van der Waals surface area contributed by atoms with Gasteiger partial charge in [-0.2, -0.15) is 0 Å². The number of ether oxygens (including phenoxy) is 2. The number of benzene rings is 3. The van der Waals surface area contributed by atoms with Crippen molar-refractivity contribution in [2.24, 2.45) is 5.92 Å². The van der Waals surface area contributed by atoms with Crippen LogP contribution >= 0.6 is 0 Å². The Morgan fingerprint density at radius 2 is 1.76 bits per heavy atom. The van der Waals surface area contributed by atoms with Crippen molar-refractivity contribution < 1.29 is 18.7 Å². The first-order valence-corrected chi connectivity index (χ1v) is 11.5. The van der Waals surface area contributed by atoms with Gasteiger partial charge in [0.1, 0.15) is 11.6 Å². The molecule has 6 heteroatoms. The first-order chi connectivity index (χ1) is 16.6. The molecule has 1 aliphatic carbocycles. The molecule has 5 nitrogen and oxygen atoms in total. The number of fused-ring (bicyclic) bond motifs is 2. The molecular formula is C28H27FN2O3. The number of rotatable bonds is 5. The van der Waals surface area contributed by atoms with Crippen LogP contribution in [-0.4, -0.2) is 19.5 Å². The van der Waals surface area contributed by atoms with Crippen LogP contribution in [0, 0.1) is 11.7 Å². The summed E-state index contributed by atoms with van der Waals surface area (Å²) in [5.74, 6) is 0.359. The highest BCUT2D eigenvalue weighted by atomic mass is 19.1. The Morgan fingerprint density at radius 1 is 1.00 bits per heavy atom. The minimum absolute atomic E-state index is 0.0522. The highest BCUT2D eigenvalue weighted by Crippen LogP contribution is 2.45. The molecule has 0 radical (unpaired) electrons. The molecule has 1 heterocycles.